The molecule has 0 radical (unpaired) electrons. The van der Waals surface area contributed by atoms with Gasteiger partial charge in [0.15, 0.2) is 0 Å². The number of amides is 3. The number of ether oxygens (including phenoxy) is 1. The number of rotatable bonds is 11. The molecule has 0 saturated carbocycles. The van der Waals surface area contributed by atoms with Crippen LogP contribution in [0.1, 0.15) is 25.2 Å². The fourth-order valence-corrected chi connectivity index (χ4v) is 3.62. The third kappa shape index (κ3) is 7.69. The SMILES string of the molecule is COc1cccc(NC(=O)N(CC(=O)N(CCc2ccccc2)Cc2ccco2)CC(C)C)c1. The van der Waals surface area contributed by atoms with Crippen LogP contribution in [0.25, 0.3) is 0 Å². The number of nitrogens with one attached hydrogen (secondary N) is 1. The summed E-state index contributed by atoms with van der Waals surface area (Å²) in [6.07, 6.45) is 2.31. The van der Waals surface area contributed by atoms with Crippen LogP contribution in [-0.4, -0.2) is 48.5 Å². The van der Waals surface area contributed by atoms with Gasteiger partial charge in [0.2, 0.25) is 5.91 Å². The number of anilines is 1. The maximum absolute atomic E-state index is 13.4. The highest BCUT2D eigenvalue weighted by Crippen LogP contribution is 2.18. The Labute approximate surface area is 201 Å². The summed E-state index contributed by atoms with van der Waals surface area (Å²) in [5, 5.41) is 2.89. The molecule has 0 bridgehead atoms. The summed E-state index contributed by atoms with van der Waals surface area (Å²) < 4.78 is 10.7. The molecular formula is C27H33N3O4. The van der Waals surface area contributed by atoms with Crippen LogP contribution < -0.4 is 10.1 Å². The number of hydrogen-bond acceptors (Lipinski definition) is 4. The molecule has 0 atom stereocenters. The lowest BCUT2D eigenvalue weighted by Crippen LogP contribution is -2.46. The second-order valence-corrected chi connectivity index (χ2v) is 8.57. The molecule has 0 saturated heterocycles. The highest BCUT2D eigenvalue weighted by atomic mass is 16.5. The smallest absolute Gasteiger partial charge is 0.322 e. The van der Waals surface area contributed by atoms with Crippen LogP contribution in [0.2, 0.25) is 0 Å². The third-order valence-electron chi connectivity index (χ3n) is 5.31. The summed E-state index contributed by atoms with van der Waals surface area (Å²) in [4.78, 5) is 29.8. The van der Waals surface area contributed by atoms with Gasteiger partial charge in [-0.05, 0) is 42.2 Å². The number of hydrogen-bond donors (Lipinski definition) is 1. The van der Waals surface area contributed by atoms with Crippen molar-refractivity contribution in [3.8, 4) is 5.75 Å². The zero-order valence-electron chi connectivity index (χ0n) is 20.1. The Bertz CT molecular complexity index is 1040. The second kappa shape index (κ2) is 12.5. The molecule has 0 unspecified atom stereocenters. The normalized spacial score (nSPS) is 10.7. The molecule has 0 aliphatic rings. The van der Waals surface area contributed by atoms with Gasteiger partial charge in [-0.25, -0.2) is 4.79 Å². The number of benzene rings is 2. The molecule has 1 N–H and O–H groups in total. The Morgan fingerprint density at radius 3 is 2.47 bits per heavy atom. The molecule has 3 rings (SSSR count). The lowest BCUT2D eigenvalue weighted by Gasteiger charge is -2.28. The summed E-state index contributed by atoms with van der Waals surface area (Å²) in [6.45, 7) is 5.35. The largest absolute Gasteiger partial charge is 0.497 e. The fourth-order valence-electron chi connectivity index (χ4n) is 3.62. The van der Waals surface area contributed by atoms with Gasteiger partial charge in [-0.3, -0.25) is 4.79 Å². The van der Waals surface area contributed by atoms with E-state index in [-0.39, 0.29) is 24.4 Å². The van der Waals surface area contributed by atoms with Gasteiger partial charge in [0.1, 0.15) is 18.1 Å². The molecule has 0 aliphatic heterocycles. The predicted molar refractivity (Wildman–Crippen MR) is 133 cm³/mol. The Hall–Kier alpha value is -3.74. The standard InChI is InChI=1S/C27H33N3O4/c1-21(2)18-30(27(32)28-23-11-7-12-24(17-23)33-3)20-26(31)29(19-25-13-8-16-34-25)15-14-22-9-5-4-6-10-22/h4-13,16-17,21H,14-15,18-20H2,1-3H3,(H,28,32). The van der Waals surface area contributed by atoms with Crippen LogP contribution in [0, 0.1) is 5.92 Å². The number of carbonyl (C=O) groups excluding carboxylic acids is 2. The van der Waals surface area contributed by atoms with E-state index in [1.165, 1.54) is 0 Å². The van der Waals surface area contributed by atoms with Crippen LogP contribution in [0.4, 0.5) is 10.5 Å². The van der Waals surface area contributed by atoms with Crippen molar-refractivity contribution >= 4 is 17.6 Å². The van der Waals surface area contributed by atoms with Crippen LogP contribution in [-0.2, 0) is 17.8 Å². The van der Waals surface area contributed by atoms with Crippen molar-refractivity contribution in [2.24, 2.45) is 5.92 Å². The average molecular weight is 464 g/mol. The van der Waals surface area contributed by atoms with Crippen LogP contribution in [0.3, 0.4) is 0 Å². The summed E-state index contributed by atoms with van der Waals surface area (Å²) in [6, 6.07) is 20.5. The molecule has 1 aromatic heterocycles. The van der Waals surface area contributed by atoms with Gasteiger partial charge >= 0.3 is 6.03 Å². The van der Waals surface area contributed by atoms with Crippen molar-refractivity contribution in [1.82, 2.24) is 9.80 Å². The molecule has 34 heavy (non-hydrogen) atoms. The number of carbonyl (C=O) groups is 2. The number of nitrogens with zero attached hydrogens (tertiary/aromatic N) is 2. The molecule has 3 amide bonds. The molecule has 0 aliphatic carbocycles. The van der Waals surface area contributed by atoms with Gasteiger partial charge in [0.05, 0.1) is 19.9 Å². The summed E-state index contributed by atoms with van der Waals surface area (Å²) in [5.41, 5.74) is 1.76. The van der Waals surface area contributed by atoms with E-state index in [2.05, 4.69) is 5.32 Å². The second-order valence-electron chi connectivity index (χ2n) is 8.57. The highest BCUT2D eigenvalue weighted by molar-refractivity contribution is 5.92. The van der Waals surface area contributed by atoms with Crippen molar-refractivity contribution in [2.75, 3.05) is 32.1 Å². The Morgan fingerprint density at radius 2 is 1.79 bits per heavy atom. The summed E-state index contributed by atoms with van der Waals surface area (Å²) >= 11 is 0. The van der Waals surface area contributed by atoms with E-state index in [1.54, 1.807) is 41.4 Å². The first-order valence-corrected chi connectivity index (χ1v) is 11.5. The zero-order valence-corrected chi connectivity index (χ0v) is 20.1. The van der Waals surface area contributed by atoms with E-state index in [9.17, 15) is 9.59 Å². The minimum absolute atomic E-state index is 0.0243. The molecular weight excluding hydrogens is 430 g/mol. The van der Waals surface area contributed by atoms with Gasteiger partial charge in [-0.2, -0.15) is 0 Å². The van der Waals surface area contributed by atoms with Crippen molar-refractivity contribution < 1.29 is 18.7 Å². The maximum atomic E-state index is 13.4. The van der Waals surface area contributed by atoms with Crippen LogP contribution in [0.15, 0.2) is 77.4 Å². The lowest BCUT2D eigenvalue weighted by molar-refractivity contribution is -0.132. The van der Waals surface area contributed by atoms with E-state index < -0.39 is 0 Å². The fraction of sp³-hybridized carbons (Fsp3) is 0.333. The van der Waals surface area contributed by atoms with E-state index in [0.717, 1.165) is 5.56 Å². The van der Waals surface area contributed by atoms with Crippen LogP contribution in [0.5, 0.6) is 5.75 Å². The molecule has 3 aromatic rings. The van der Waals surface area contributed by atoms with E-state index >= 15 is 0 Å². The minimum Gasteiger partial charge on any atom is -0.497 e. The third-order valence-corrected chi connectivity index (χ3v) is 5.31. The van der Waals surface area contributed by atoms with Crippen LogP contribution >= 0.6 is 0 Å². The average Bonchev–Trinajstić information content (AvgIpc) is 3.35. The topological polar surface area (TPSA) is 75.0 Å². The Balaban J connectivity index is 1.71. The summed E-state index contributed by atoms with van der Waals surface area (Å²) in [7, 11) is 1.58. The van der Waals surface area contributed by atoms with Crippen molar-refractivity contribution in [3.63, 3.8) is 0 Å². The molecule has 7 heteroatoms. The predicted octanol–water partition coefficient (Wildman–Crippen LogP) is 5.05. The quantitative estimate of drug-likeness (QED) is 0.432. The van der Waals surface area contributed by atoms with E-state index in [4.69, 9.17) is 9.15 Å². The molecule has 1 heterocycles. The van der Waals surface area contributed by atoms with Crippen molar-refractivity contribution in [2.45, 2.75) is 26.8 Å². The first-order valence-electron chi connectivity index (χ1n) is 11.5. The minimum atomic E-state index is -0.323. The first-order chi connectivity index (χ1) is 16.4. The van der Waals surface area contributed by atoms with E-state index in [0.29, 0.717) is 43.3 Å². The zero-order chi connectivity index (χ0) is 24.3. The Kier molecular flexibility index (Phi) is 9.14. The molecule has 0 spiro atoms. The molecule has 2 aromatic carbocycles. The highest BCUT2D eigenvalue weighted by Gasteiger charge is 2.23. The Morgan fingerprint density at radius 1 is 1.00 bits per heavy atom. The van der Waals surface area contributed by atoms with Crippen molar-refractivity contribution in [3.05, 3.63) is 84.3 Å². The van der Waals surface area contributed by atoms with Gasteiger partial charge in [-0.15, -0.1) is 0 Å². The van der Waals surface area contributed by atoms with Gasteiger partial charge in [0, 0.05) is 24.8 Å². The van der Waals surface area contributed by atoms with E-state index in [1.807, 2.05) is 62.4 Å². The first kappa shape index (κ1) is 24.9. The van der Waals surface area contributed by atoms with Crippen molar-refractivity contribution in [1.29, 1.82) is 0 Å². The van der Waals surface area contributed by atoms with Gasteiger partial charge in [0.25, 0.3) is 0 Å². The number of urea groups is 1. The van der Waals surface area contributed by atoms with Gasteiger partial charge in [-0.1, -0.05) is 50.2 Å². The molecule has 0 fully saturated rings. The lowest BCUT2D eigenvalue weighted by atomic mass is 10.1. The van der Waals surface area contributed by atoms with Gasteiger partial charge < -0.3 is 24.3 Å². The maximum Gasteiger partial charge on any atom is 0.322 e. The molecule has 7 nitrogen and oxygen atoms in total. The monoisotopic (exact) mass is 463 g/mol. The summed E-state index contributed by atoms with van der Waals surface area (Å²) in [5.74, 6) is 1.42. The number of furan rings is 1. The molecule has 180 valence electrons. The number of methoxy groups -OCH3 is 1.